The third kappa shape index (κ3) is 4.61. The average molecular weight is 484 g/mol. The summed E-state index contributed by atoms with van der Waals surface area (Å²) in [5.41, 5.74) is 2.79. The van der Waals surface area contributed by atoms with Gasteiger partial charge in [-0.3, -0.25) is 4.79 Å². The first kappa shape index (κ1) is 21.4. The van der Waals surface area contributed by atoms with Crippen LogP contribution in [0.15, 0.2) is 46.9 Å². The van der Waals surface area contributed by atoms with E-state index >= 15 is 0 Å². The van der Waals surface area contributed by atoms with Crippen molar-refractivity contribution in [1.82, 2.24) is 9.88 Å². The van der Waals surface area contributed by atoms with E-state index < -0.39 is 0 Å². The van der Waals surface area contributed by atoms with Crippen LogP contribution in [0.4, 0.5) is 11.4 Å². The second-order valence-corrected chi connectivity index (χ2v) is 8.83. The maximum Gasteiger partial charge on any atom is 0.272 e. The Morgan fingerprint density at radius 1 is 1.16 bits per heavy atom. The third-order valence-corrected chi connectivity index (χ3v) is 6.07. The second-order valence-electron chi connectivity index (χ2n) is 7.91. The first-order valence-electron chi connectivity index (χ1n) is 10.4. The van der Waals surface area contributed by atoms with Gasteiger partial charge in [0.25, 0.3) is 5.91 Å². The first-order chi connectivity index (χ1) is 15.0. The molecule has 0 saturated carbocycles. The zero-order valence-electron chi connectivity index (χ0n) is 17.9. The fourth-order valence-electron chi connectivity index (χ4n) is 4.02. The fraction of sp³-hybridized carbons (Fsp3) is 0.333. The number of likely N-dealkylation sites (tertiary alicyclic amines) is 1. The van der Waals surface area contributed by atoms with Crippen molar-refractivity contribution in [2.75, 3.05) is 32.6 Å². The maximum absolute atomic E-state index is 13.3. The molecule has 2 aromatic carbocycles. The highest BCUT2D eigenvalue weighted by Gasteiger charge is 2.24. The lowest BCUT2D eigenvalue weighted by atomic mass is 10.00. The number of anilines is 2. The van der Waals surface area contributed by atoms with E-state index in [1.807, 2.05) is 47.4 Å². The lowest BCUT2D eigenvalue weighted by Gasteiger charge is -2.30. The highest BCUT2D eigenvalue weighted by molar-refractivity contribution is 9.10. The van der Waals surface area contributed by atoms with Gasteiger partial charge in [-0.1, -0.05) is 28.9 Å². The van der Waals surface area contributed by atoms with Crippen LogP contribution in [0.1, 0.15) is 30.3 Å². The van der Waals surface area contributed by atoms with Gasteiger partial charge in [0.1, 0.15) is 5.69 Å². The van der Waals surface area contributed by atoms with Crippen molar-refractivity contribution < 1.29 is 14.3 Å². The Kier molecular flexibility index (Phi) is 6.32. The van der Waals surface area contributed by atoms with Gasteiger partial charge in [-0.15, -0.1) is 0 Å². The molecule has 2 heterocycles. The molecular formula is C24H26BrN3O3. The van der Waals surface area contributed by atoms with Gasteiger partial charge in [-0.25, -0.2) is 4.98 Å². The van der Waals surface area contributed by atoms with Crippen molar-refractivity contribution in [3.05, 3.63) is 52.6 Å². The molecule has 6 nitrogen and oxygen atoms in total. The molecule has 0 aliphatic carbocycles. The maximum atomic E-state index is 13.3. The number of aromatic nitrogens is 1. The van der Waals surface area contributed by atoms with E-state index in [1.165, 1.54) is 0 Å². The van der Waals surface area contributed by atoms with E-state index in [9.17, 15) is 4.79 Å². The van der Waals surface area contributed by atoms with Gasteiger partial charge >= 0.3 is 0 Å². The van der Waals surface area contributed by atoms with Crippen LogP contribution < -0.4 is 14.8 Å². The van der Waals surface area contributed by atoms with E-state index in [4.69, 9.17) is 14.5 Å². The van der Waals surface area contributed by atoms with Crippen molar-refractivity contribution in [2.24, 2.45) is 5.92 Å². The number of amides is 1. The van der Waals surface area contributed by atoms with Crippen molar-refractivity contribution >= 4 is 44.1 Å². The predicted octanol–water partition coefficient (Wildman–Crippen LogP) is 5.63. The number of pyridine rings is 1. The van der Waals surface area contributed by atoms with Crippen LogP contribution >= 0.6 is 15.9 Å². The molecule has 1 atom stereocenters. The Labute approximate surface area is 190 Å². The van der Waals surface area contributed by atoms with Crippen molar-refractivity contribution in [2.45, 2.75) is 19.8 Å². The monoisotopic (exact) mass is 483 g/mol. The number of ether oxygens (including phenoxy) is 2. The number of carbonyl (C=O) groups excluding carboxylic acids is 1. The van der Waals surface area contributed by atoms with Gasteiger partial charge in [-0.2, -0.15) is 0 Å². The molecule has 0 unspecified atom stereocenters. The number of rotatable bonds is 5. The SMILES string of the molecule is COc1cc2nc(C(=O)N3CCC[C@@H](C)C3)cc(Nc3cccc(Br)c3)c2cc1OC. The smallest absolute Gasteiger partial charge is 0.272 e. The predicted molar refractivity (Wildman–Crippen MR) is 127 cm³/mol. The summed E-state index contributed by atoms with van der Waals surface area (Å²) in [5, 5.41) is 4.29. The Hall–Kier alpha value is -2.80. The Balaban J connectivity index is 1.82. The normalized spacial score (nSPS) is 16.3. The van der Waals surface area contributed by atoms with Crippen molar-refractivity contribution in [3.8, 4) is 11.5 Å². The van der Waals surface area contributed by atoms with Crippen molar-refractivity contribution in [3.63, 3.8) is 0 Å². The van der Waals surface area contributed by atoms with Gasteiger partial charge in [0.2, 0.25) is 0 Å². The lowest BCUT2D eigenvalue weighted by molar-refractivity contribution is 0.0677. The molecule has 0 bridgehead atoms. The minimum absolute atomic E-state index is 0.0412. The first-order valence-corrected chi connectivity index (χ1v) is 11.2. The molecule has 31 heavy (non-hydrogen) atoms. The van der Waals surface area contributed by atoms with Gasteiger partial charge < -0.3 is 19.7 Å². The number of hydrogen-bond donors (Lipinski definition) is 1. The molecule has 1 aromatic heterocycles. The zero-order valence-corrected chi connectivity index (χ0v) is 19.5. The van der Waals surface area contributed by atoms with Gasteiger partial charge in [0.05, 0.1) is 25.4 Å². The largest absolute Gasteiger partial charge is 0.493 e. The van der Waals surface area contributed by atoms with Crippen LogP contribution in [-0.4, -0.2) is 43.1 Å². The molecule has 7 heteroatoms. The standard InChI is InChI=1S/C24H26BrN3O3/c1-15-6-5-9-28(14-15)24(29)21-12-19(26-17-8-4-7-16(25)10-17)18-11-22(30-2)23(31-3)13-20(18)27-21/h4,7-8,10-13,15H,5-6,9,14H2,1-3H3,(H,26,27)/t15-/m1/s1. The molecule has 1 aliphatic heterocycles. The van der Waals surface area contributed by atoms with Crippen LogP contribution in [0.25, 0.3) is 10.9 Å². The summed E-state index contributed by atoms with van der Waals surface area (Å²) >= 11 is 3.51. The summed E-state index contributed by atoms with van der Waals surface area (Å²) in [5.74, 6) is 1.65. The molecule has 3 aromatic rings. The van der Waals surface area contributed by atoms with E-state index in [2.05, 4.69) is 28.2 Å². The molecule has 4 rings (SSSR count). The van der Waals surface area contributed by atoms with E-state index in [-0.39, 0.29) is 5.91 Å². The molecular weight excluding hydrogens is 458 g/mol. The summed E-state index contributed by atoms with van der Waals surface area (Å²) in [4.78, 5) is 19.9. The number of carbonyl (C=O) groups is 1. The third-order valence-electron chi connectivity index (χ3n) is 5.58. The highest BCUT2D eigenvalue weighted by atomic mass is 79.9. The number of piperidine rings is 1. The molecule has 0 spiro atoms. The summed E-state index contributed by atoms with van der Waals surface area (Å²) in [6.45, 7) is 3.72. The Bertz CT molecular complexity index is 1120. The average Bonchev–Trinajstić information content (AvgIpc) is 2.77. The second kappa shape index (κ2) is 9.14. The summed E-state index contributed by atoms with van der Waals surface area (Å²) in [6, 6.07) is 13.4. The molecule has 1 N–H and O–H groups in total. The van der Waals surface area contributed by atoms with Crippen LogP contribution in [-0.2, 0) is 0 Å². The van der Waals surface area contributed by atoms with E-state index in [0.29, 0.717) is 28.6 Å². The van der Waals surface area contributed by atoms with Crippen LogP contribution in [0.2, 0.25) is 0 Å². The number of hydrogen-bond acceptors (Lipinski definition) is 5. The quantitative estimate of drug-likeness (QED) is 0.509. The molecule has 1 fully saturated rings. The number of nitrogens with one attached hydrogen (secondary N) is 1. The van der Waals surface area contributed by atoms with Crippen LogP contribution in [0.3, 0.4) is 0 Å². The van der Waals surface area contributed by atoms with E-state index in [1.54, 1.807) is 14.2 Å². The molecule has 1 amide bonds. The van der Waals surface area contributed by atoms with Crippen LogP contribution in [0, 0.1) is 5.92 Å². The fourth-order valence-corrected chi connectivity index (χ4v) is 4.42. The number of nitrogens with zero attached hydrogens (tertiary/aromatic N) is 2. The number of halogens is 1. The summed E-state index contributed by atoms with van der Waals surface area (Å²) in [6.07, 6.45) is 2.18. The van der Waals surface area contributed by atoms with Crippen LogP contribution in [0.5, 0.6) is 11.5 Å². The Morgan fingerprint density at radius 3 is 2.65 bits per heavy atom. The number of benzene rings is 2. The highest BCUT2D eigenvalue weighted by Crippen LogP contribution is 2.36. The topological polar surface area (TPSA) is 63.7 Å². The minimum atomic E-state index is -0.0412. The van der Waals surface area contributed by atoms with Gasteiger partial charge in [0.15, 0.2) is 11.5 Å². The number of fused-ring (bicyclic) bond motifs is 1. The lowest BCUT2D eigenvalue weighted by Crippen LogP contribution is -2.39. The summed E-state index contributed by atoms with van der Waals surface area (Å²) in [7, 11) is 3.20. The molecule has 1 aliphatic rings. The Morgan fingerprint density at radius 2 is 1.94 bits per heavy atom. The minimum Gasteiger partial charge on any atom is -0.493 e. The molecule has 0 radical (unpaired) electrons. The van der Waals surface area contributed by atoms with Gasteiger partial charge in [0, 0.05) is 34.7 Å². The number of methoxy groups -OCH3 is 2. The summed E-state index contributed by atoms with van der Waals surface area (Å²) < 4.78 is 11.9. The zero-order chi connectivity index (χ0) is 22.0. The van der Waals surface area contributed by atoms with Gasteiger partial charge in [-0.05, 0) is 49.1 Å². The molecule has 162 valence electrons. The molecule has 1 saturated heterocycles. The van der Waals surface area contributed by atoms with E-state index in [0.717, 1.165) is 47.2 Å². The van der Waals surface area contributed by atoms with Crippen molar-refractivity contribution in [1.29, 1.82) is 0 Å².